The van der Waals surface area contributed by atoms with Crippen LogP contribution in [0.5, 0.6) is 0 Å². The van der Waals surface area contributed by atoms with Gasteiger partial charge in [0.1, 0.15) is 6.04 Å². The zero-order valence-electron chi connectivity index (χ0n) is 12.9. The van der Waals surface area contributed by atoms with E-state index in [2.05, 4.69) is 10.6 Å². The minimum atomic E-state index is -0.303. The summed E-state index contributed by atoms with van der Waals surface area (Å²) in [5.41, 5.74) is 1.88. The Balaban J connectivity index is 1.89. The lowest BCUT2D eigenvalue weighted by Gasteiger charge is -2.29. The molecule has 0 aromatic heterocycles. The maximum Gasteiger partial charge on any atom is 0.244 e. The summed E-state index contributed by atoms with van der Waals surface area (Å²) in [6.45, 7) is 7.86. The zero-order chi connectivity index (χ0) is 15.2. The molecule has 21 heavy (non-hydrogen) atoms. The van der Waals surface area contributed by atoms with Gasteiger partial charge in [-0.2, -0.15) is 0 Å². The maximum absolute atomic E-state index is 12.2. The minimum Gasteiger partial charge on any atom is -0.375 e. The van der Waals surface area contributed by atoms with Crippen molar-refractivity contribution in [2.24, 2.45) is 0 Å². The Bertz CT molecular complexity index is 459. The van der Waals surface area contributed by atoms with Crippen LogP contribution in [0.2, 0.25) is 0 Å². The highest BCUT2D eigenvalue weighted by Gasteiger charge is 2.28. The molecule has 1 saturated heterocycles. The summed E-state index contributed by atoms with van der Waals surface area (Å²) in [6, 6.07) is 7.41. The summed E-state index contributed by atoms with van der Waals surface area (Å²) in [5.74, 6) is -0.0617. The van der Waals surface area contributed by atoms with E-state index in [1.807, 2.05) is 45.0 Å². The smallest absolute Gasteiger partial charge is 0.244 e. The molecule has 0 saturated carbocycles. The third-order valence-electron chi connectivity index (χ3n) is 3.40. The molecule has 116 valence electrons. The summed E-state index contributed by atoms with van der Waals surface area (Å²) in [5, 5.41) is 6.09. The van der Waals surface area contributed by atoms with E-state index < -0.39 is 0 Å². The van der Waals surface area contributed by atoms with Gasteiger partial charge in [0.05, 0.1) is 25.4 Å². The molecule has 0 radical (unpaired) electrons. The first-order chi connectivity index (χ1) is 10.1. The monoisotopic (exact) mass is 292 g/mol. The Hall–Kier alpha value is -1.43. The molecule has 1 aromatic carbocycles. The molecule has 1 aliphatic rings. The van der Waals surface area contributed by atoms with Crippen molar-refractivity contribution < 1.29 is 14.3 Å². The highest BCUT2D eigenvalue weighted by atomic mass is 16.5. The summed E-state index contributed by atoms with van der Waals surface area (Å²) < 4.78 is 11.0. The van der Waals surface area contributed by atoms with Gasteiger partial charge in [-0.3, -0.25) is 4.79 Å². The molecule has 0 spiro atoms. The van der Waals surface area contributed by atoms with Gasteiger partial charge in [-0.05, 0) is 38.5 Å². The van der Waals surface area contributed by atoms with Crippen LogP contribution in [0.25, 0.3) is 0 Å². The summed E-state index contributed by atoms with van der Waals surface area (Å²) in [6.07, 6.45) is 0.0979. The summed E-state index contributed by atoms with van der Waals surface area (Å²) in [4.78, 5) is 12.2. The summed E-state index contributed by atoms with van der Waals surface area (Å²) in [7, 11) is 0. The molecule has 1 heterocycles. The number of amides is 1. The predicted molar refractivity (Wildman–Crippen MR) is 82.2 cm³/mol. The van der Waals surface area contributed by atoms with Crippen molar-refractivity contribution in [3.8, 4) is 0 Å². The van der Waals surface area contributed by atoms with Crippen molar-refractivity contribution in [2.45, 2.75) is 45.6 Å². The van der Waals surface area contributed by atoms with E-state index in [1.54, 1.807) is 0 Å². The fourth-order valence-corrected chi connectivity index (χ4v) is 2.19. The van der Waals surface area contributed by atoms with Crippen molar-refractivity contribution in [2.75, 3.05) is 18.5 Å². The molecule has 1 aliphatic heterocycles. The first-order valence-corrected chi connectivity index (χ1v) is 7.42. The van der Waals surface area contributed by atoms with Crippen molar-refractivity contribution >= 4 is 11.6 Å². The van der Waals surface area contributed by atoms with Crippen LogP contribution >= 0.6 is 0 Å². The minimum absolute atomic E-state index is 0.0617. The lowest BCUT2D eigenvalue weighted by molar-refractivity contribution is -0.123. The molecule has 1 amide bonds. The van der Waals surface area contributed by atoms with E-state index in [1.165, 1.54) is 0 Å². The second kappa shape index (κ2) is 7.54. The second-order valence-corrected chi connectivity index (χ2v) is 5.55. The highest BCUT2D eigenvalue weighted by Crippen LogP contribution is 2.13. The SMILES string of the molecule is CC(C)OCc1ccc(NC(=O)[C@H]2NCCO[C@@H]2C)cc1. The Morgan fingerprint density at radius 2 is 2.14 bits per heavy atom. The van der Waals surface area contributed by atoms with Crippen LogP contribution in [0.3, 0.4) is 0 Å². The number of benzene rings is 1. The maximum atomic E-state index is 12.2. The van der Waals surface area contributed by atoms with Crippen LogP contribution in [-0.4, -0.2) is 37.3 Å². The van der Waals surface area contributed by atoms with Crippen molar-refractivity contribution in [3.05, 3.63) is 29.8 Å². The van der Waals surface area contributed by atoms with Gasteiger partial charge in [-0.1, -0.05) is 12.1 Å². The largest absolute Gasteiger partial charge is 0.375 e. The first kappa shape index (κ1) is 15.9. The molecule has 5 heteroatoms. The molecule has 0 bridgehead atoms. The third kappa shape index (κ3) is 4.81. The molecule has 0 aliphatic carbocycles. The molecular formula is C16H24N2O3. The Morgan fingerprint density at radius 3 is 2.76 bits per heavy atom. The van der Waals surface area contributed by atoms with Gasteiger partial charge >= 0.3 is 0 Å². The number of anilines is 1. The van der Waals surface area contributed by atoms with Crippen LogP contribution < -0.4 is 10.6 Å². The Morgan fingerprint density at radius 1 is 1.43 bits per heavy atom. The topological polar surface area (TPSA) is 59.6 Å². The molecule has 2 rings (SSSR count). The average Bonchev–Trinajstić information content (AvgIpc) is 2.47. The van der Waals surface area contributed by atoms with E-state index >= 15 is 0 Å². The lowest BCUT2D eigenvalue weighted by Crippen LogP contribution is -2.53. The van der Waals surface area contributed by atoms with Gasteiger partial charge < -0.3 is 20.1 Å². The van der Waals surface area contributed by atoms with E-state index in [0.717, 1.165) is 11.3 Å². The number of nitrogens with one attached hydrogen (secondary N) is 2. The van der Waals surface area contributed by atoms with Gasteiger partial charge in [-0.25, -0.2) is 0 Å². The van der Waals surface area contributed by atoms with Crippen molar-refractivity contribution in [3.63, 3.8) is 0 Å². The van der Waals surface area contributed by atoms with Crippen LogP contribution in [-0.2, 0) is 20.9 Å². The summed E-state index contributed by atoms with van der Waals surface area (Å²) >= 11 is 0. The lowest BCUT2D eigenvalue weighted by atomic mass is 10.1. The van der Waals surface area contributed by atoms with E-state index in [4.69, 9.17) is 9.47 Å². The van der Waals surface area contributed by atoms with Gasteiger partial charge in [0, 0.05) is 12.2 Å². The number of hydrogen-bond acceptors (Lipinski definition) is 4. The number of ether oxygens (including phenoxy) is 2. The molecular weight excluding hydrogens is 268 g/mol. The molecule has 2 atom stereocenters. The average molecular weight is 292 g/mol. The molecule has 1 fully saturated rings. The number of rotatable bonds is 5. The standard InChI is InChI=1S/C16H24N2O3/c1-11(2)21-10-13-4-6-14(7-5-13)18-16(19)15-12(3)20-9-8-17-15/h4-7,11-12,15,17H,8-10H2,1-3H3,(H,18,19)/t12-,15+/m1/s1. The highest BCUT2D eigenvalue weighted by molar-refractivity contribution is 5.95. The number of morpholine rings is 1. The normalized spacial score (nSPS) is 22.3. The number of hydrogen-bond donors (Lipinski definition) is 2. The van der Waals surface area contributed by atoms with Crippen LogP contribution in [0, 0.1) is 0 Å². The quantitative estimate of drug-likeness (QED) is 0.870. The van der Waals surface area contributed by atoms with E-state index in [9.17, 15) is 4.79 Å². The second-order valence-electron chi connectivity index (χ2n) is 5.55. The molecule has 1 aromatic rings. The van der Waals surface area contributed by atoms with Crippen LogP contribution in [0.15, 0.2) is 24.3 Å². The van der Waals surface area contributed by atoms with E-state index in [-0.39, 0.29) is 24.2 Å². The number of carbonyl (C=O) groups is 1. The zero-order valence-corrected chi connectivity index (χ0v) is 12.9. The number of carbonyl (C=O) groups excluding carboxylic acids is 1. The molecule has 5 nitrogen and oxygen atoms in total. The third-order valence-corrected chi connectivity index (χ3v) is 3.40. The van der Waals surface area contributed by atoms with Gasteiger partial charge in [0.25, 0.3) is 0 Å². The fraction of sp³-hybridized carbons (Fsp3) is 0.562. The van der Waals surface area contributed by atoms with Crippen LogP contribution in [0.1, 0.15) is 26.3 Å². The van der Waals surface area contributed by atoms with Gasteiger partial charge in [-0.15, -0.1) is 0 Å². The van der Waals surface area contributed by atoms with Gasteiger partial charge in [0.2, 0.25) is 5.91 Å². The Labute approximate surface area is 126 Å². The van der Waals surface area contributed by atoms with E-state index in [0.29, 0.717) is 19.8 Å². The van der Waals surface area contributed by atoms with Crippen molar-refractivity contribution in [1.29, 1.82) is 0 Å². The van der Waals surface area contributed by atoms with Crippen molar-refractivity contribution in [1.82, 2.24) is 5.32 Å². The van der Waals surface area contributed by atoms with Crippen LogP contribution in [0.4, 0.5) is 5.69 Å². The molecule has 0 unspecified atom stereocenters. The molecule has 2 N–H and O–H groups in total. The first-order valence-electron chi connectivity index (χ1n) is 7.42. The predicted octanol–water partition coefficient (Wildman–Crippen LogP) is 1.93. The Kier molecular flexibility index (Phi) is 5.73. The van der Waals surface area contributed by atoms with Gasteiger partial charge in [0.15, 0.2) is 0 Å². The fourth-order valence-electron chi connectivity index (χ4n) is 2.19.